The molecule has 20 heavy (non-hydrogen) atoms. The lowest BCUT2D eigenvalue weighted by molar-refractivity contribution is 0.490. The molecular weight excluding hydrogens is 286 g/mol. The Morgan fingerprint density at radius 1 is 1.30 bits per heavy atom. The molecule has 2 aromatic heterocycles. The fourth-order valence-corrected chi connectivity index (χ4v) is 4.62. The number of nitrogens with one attached hydrogen (secondary N) is 1. The van der Waals surface area contributed by atoms with Crippen LogP contribution in [0.2, 0.25) is 0 Å². The van der Waals surface area contributed by atoms with Gasteiger partial charge >= 0.3 is 0 Å². The molecule has 108 valence electrons. The summed E-state index contributed by atoms with van der Waals surface area (Å²) in [6, 6.07) is 0.421. The molecule has 0 fully saturated rings. The molecule has 1 aliphatic rings. The van der Waals surface area contributed by atoms with Crippen LogP contribution in [-0.4, -0.2) is 17.0 Å². The van der Waals surface area contributed by atoms with E-state index in [0.717, 1.165) is 10.7 Å². The van der Waals surface area contributed by atoms with Gasteiger partial charge in [-0.1, -0.05) is 20.8 Å². The third-order valence-electron chi connectivity index (χ3n) is 3.67. The van der Waals surface area contributed by atoms with E-state index in [1.165, 1.54) is 34.8 Å². The maximum Gasteiger partial charge on any atom is 0.143 e. The van der Waals surface area contributed by atoms with Gasteiger partial charge in [-0.25, -0.2) is 9.97 Å². The molecule has 1 N–H and O–H groups in total. The summed E-state index contributed by atoms with van der Waals surface area (Å²) >= 11 is 3.57. The van der Waals surface area contributed by atoms with Crippen molar-refractivity contribution in [1.29, 1.82) is 0 Å². The van der Waals surface area contributed by atoms with Crippen LogP contribution in [0.5, 0.6) is 0 Å². The van der Waals surface area contributed by atoms with E-state index in [0.29, 0.717) is 6.04 Å². The fraction of sp³-hybridized carbons (Fsp3) is 0.600. The lowest BCUT2D eigenvalue weighted by Gasteiger charge is -2.19. The van der Waals surface area contributed by atoms with E-state index < -0.39 is 0 Å². The van der Waals surface area contributed by atoms with E-state index in [2.05, 4.69) is 31.5 Å². The standard InChI is InChI=1S/C15H21N3S2/c1-15(2,3)14-17-10(8-19-14)13-18-12-9(16-4)6-5-7-11(12)20-13/h8-9,16H,5-7H2,1-4H3. The van der Waals surface area contributed by atoms with Crippen molar-refractivity contribution in [3.8, 4) is 10.7 Å². The molecule has 0 saturated carbocycles. The Morgan fingerprint density at radius 2 is 2.10 bits per heavy atom. The molecular formula is C15H21N3S2. The molecule has 3 rings (SSSR count). The number of thiazole rings is 2. The van der Waals surface area contributed by atoms with Crippen molar-refractivity contribution < 1.29 is 0 Å². The van der Waals surface area contributed by atoms with Crippen LogP contribution in [0.1, 0.15) is 55.2 Å². The van der Waals surface area contributed by atoms with Gasteiger partial charge < -0.3 is 5.32 Å². The van der Waals surface area contributed by atoms with Crippen LogP contribution in [0.4, 0.5) is 0 Å². The van der Waals surface area contributed by atoms with E-state index in [4.69, 9.17) is 9.97 Å². The van der Waals surface area contributed by atoms with Gasteiger partial charge in [0.05, 0.1) is 16.7 Å². The third-order valence-corrected chi connectivity index (χ3v) is 6.09. The van der Waals surface area contributed by atoms with Gasteiger partial charge in [-0.2, -0.15) is 0 Å². The van der Waals surface area contributed by atoms with Gasteiger partial charge in [0, 0.05) is 15.7 Å². The number of nitrogens with zero attached hydrogens (tertiary/aromatic N) is 2. The summed E-state index contributed by atoms with van der Waals surface area (Å²) in [6.45, 7) is 6.62. The predicted octanol–water partition coefficient (Wildman–Crippen LogP) is 4.16. The molecule has 0 saturated heterocycles. The summed E-state index contributed by atoms with van der Waals surface area (Å²) in [6.07, 6.45) is 3.61. The normalized spacial score (nSPS) is 19.1. The summed E-state index contributed by atoms with van der Waals surface area (Å²) in [5, 5.41) is 7.81. The van der Waals surface area contributed by atoms with E-state index >= 15 is 0 Å². The predicted molar refractivity (Wildman–Crippen MR) is 86.7 cm³/mol. The molecule has 0 aromatic carbocycles. The molecule has 5 heteroatoms. The molecule has 0 spiro atoms. The molecule has 2 aromatic rings. The van der Waals surface area contributed by atoms with Gasteiger partial charge in [0.25, 0.3) is 0 Å². The van der Waals surface area contributed by atoms with E-state index in [1.807, 2.05) is 18.4 Å². The number of hydrogen-bond acceptors (Lipinski definition) is 5. The second-order valence-electron chi connectivity index (χ2n) is 6.35. The molecule has 0 radical (unpaired) electrons. The SMILES string of the molecule is CNC1CCCc2sc(-c3csc(C(C)(C)C)n3)nc21. The monoisotopic (exact) mass is 307 g/mol. The van der Waals surface area contributed by atoms with Crippen LogP contribution in [-0.2, 0) is 11.8 Å². The first-order chi connectivity index (χ1) is 9.49. The maximum absolute atomic E-state index is 4.87. The largest absolute Gasteiger partial charge is 0.312 e. The first-order valence-electron chi connectivity index (χ1n) is 7.12. The topological polar surface area (TPSA) is 37.8 Å². The van der Waals surface area contributed by atoms with Gasteiger partial charge in [-0.3, -0.25) is 0 Å². The summed E-state index contributed by atoms with van der Waals surface area (Å²) < 4.78 is 0. The average Bonchev–Trinajstić information content (AvgIpc) is 3.03. The quantitative estimate of drug-likeness (QED) is 0.905. The Hall–Kier alpha value is -0.780. The number of rotatable bonds is 2. The number of aryl methyl sites for hydroxylation is 1. The minimum Gasteiger partial charge on any atom is -0.312 e. The first-order valence-corrected chi connectivity index (χ1v) is 8.82. The fourth-order valence-electron chi connectivity index (χ4n) is 2.53. The lowest BCUT2D eigenvalue weighted by atomic mass is 9.98. The molecule has 0 aliphatic heterocycles. The average molecular weight is 307 g/mol. The molecule has 1 unspecified atom stereocenters. The van der Waals surface area contributed by atoms with Crippen LogP contribution in [0, 0.1) is 0 Å². The van der Waals surface area contributed by atoms with Crippen molar-refractivity contribution in [3.05, 3.63) is 21.0 Å². The molecule has 1 aliphatic carbocycles. The van der Waals surface area contributed by atoms with E-state index in [-0.39, 0.29) is 5.41 Å². The van der Waals surface area contributed by atoms with Gasteiger partial charge in [-0.05, 0) is 26.3 Å². The van der Waals surface area contributed by atoms with Crippen molar-refractivity contribution in [3.63, 3.8) is 0 Å². The van der Waals surface area contributed by atoms with Gasteiger partial charge in [0.1, 0.15) is 10.7 Å². The number of aromatic nitrogens is 2. The maximum atomic E-state index is 4.87. The zero-order valence-corrected chi connectivity index (χ0v) is 14.1. The van der Waals surface area contributed by atoms with Crippen molar-refractivity contribution in [1.82, 2.24) is 15.3 Å². The Labute approximate surface area is 128 Å². The van der Waals surface area contributed by atoms with E-state index in [1.54, 1.807) is 11.3 Å². The summed E-state index contributed by atoms with van der Waals surface area (Å²) in [4.78, 5) is 11.1. The van der Waals surface area contributed by atoms with Crippen LogP contribution in [0.15, 0.2) is 5.38 Å². The Bertz CT molecular complexity index is 607. The second kappa shape index (κ2) is 5.20. The van der Waals surface area contributed by atoms with Crippen molar-refractivity contribution >= 4 is 22.7 Å². The Kier molecular flexibility index (Phi) is 3.69. The second-order valence-corrected chi connectivity index (χ2v) is 8.29. The van der Waals surface area contributed by atoms with Crippen molar-refractivity contribution in [2.45, 2.75) is 51.5 Å². The lowest BCUT2D eigenvalue weighted by Crippen LogP contribution is -2.21. The van der Waals surface area contributed by atoms with Crippen LogP contribution >= 0.6 is 22.7 Å². The molecule has 1 atom stereocenters. The zero-order valence-electron chi connectivity index (χ0n) is 12.5. The van der Waals surface area contributed by atoms with Gasteiger partial charge in [-0.15, -0.1) is 22.7 Å². The number of fused-ring (bicyclic) bond motifs is 1. The molecule has 3 nitrogen and oxygen atoms in total. The highest BCUT2D eigenvalue weighted by Gasteiger charge is 2.25. The minimum atomic E-state index is 0.118. The van der Waals surface area contributed by atoms with Crippen LogP contribution in [0.25, 0.3) is 10.7 Å². The third kappa shape index (κ3) is 2.54. The molecule has 2 heterocycles. The number of hydrogen-bond donors (Lipinski definition) is 1. The van der Waals surface area contributed by atoms with Crippen LogP contribution in [0.3, 0.4) is 0 Å². The smallest absolute Gasteiger partial charge is 0.143 e. The first kappa shape index (κ1) is 14.2. The highest BCUT2D eigenvalue weighted by Crippen LogP contribution is 2.38. The van der Waals surface area contributed by atoms with E-state index in [9.17, 15) is 0 Å². The van der Waals surface area contributed by atoms with Gasteiger partial charge in [0.2, 0.25) is 0 Å². The molecule has 0 bridgehead atoms. The highest BCUT2D eigenvalue weighted by atomic mass is 32.1. The van der Waals surface area contributed by atoms with Crippen molar-refractivity contribution in [2.24, 2.45) is 0 Å². The van der Waals surface area contributed by atoms with Crippen molar-refractivity contribution in [2.75, 3.05) is 7.05 Å². The summed E-state index contributed by atoms with van der Waals surface area (Å²) in [5.74, 6) is 0. The highest BCUT2D eigenvalue weighted by molar-refractivity contribution is 7.15. The molecule has 0 amide bonds. The minimum absolute atomic E-state index is 0.118. The van der Waals surface area contributed by atoms with Crippen LogP contribution < -0.4 is 5.32 Å². The van der Waals surface area contributed by atoms with Gasteiger partial charge in [0.15, 0.2) is 0 Å². The Balaban J connectivity index is 1.95. The Morgan fingerprint density at radius 3 is 2.75 bits per heavy atom. The summed E-state index contributed by atoms with van der Waals surface area (Å²) in [5.41, 5.74) is 2.42. The zero-order chi connectivity index (χ0) is 14.3. The summed E-state index contributed by atoms with van der Waals surface area (Å²) in [7, 11) is 2.03.